The Balaban J connectivity index is 1.73. The van der Waals surface area contributed by atoms with Crippen molar-refractivity contribution in [1.82, 2.24) is 9.80 Å². The molecular weight excluding hydrogens is 523 g/mol. The molecule has 3 rings (SSSR count). The van der Waals surface area contributed by atoms with Crippen LogP contribution in [0.1, 0.15) is 85.3 Å². The maximum absolute atomic E-state index is 13.7. The number of benzene rings is 1. The topological polar surface area (TPSA) is 62.3 Å². The third-order valence-corrected chi connectivity index (χ3v) is 7.81. The van der Waals surface area contributed by atoms with E-state index in [4.69, 9.17) is 9.47 Å². The van der Waals surface area contributed by atoms with E-state index >= 15 is 0 Å². The quantitative estimate of drug-likeness (QED) is 0.378. The molecule has 1 amide bonds. The number of rotatable bonds is 5. The first-order chi connectivity index (χ1) is 18.3. The number of nitrogens with zero attached hydrogens (tertiary/aromatic N) is 3. The molecule has 0 saturated carbocycles. The number of amides is 1. The number of likely N-dealkylation sites (tertiary alicyclic amines) is 1. The predicted octanol–water partition coefficient (Wildman–Crippen LogP) is 6.48. The Labute approximate surface area is 237 Å². The second-order valence-corrected chi connectivity index (χ2v) is 13.5. The van der Waals surface area contributed by atoms with Crippen LogP contribution in [-0.2, 0) is 27.0 Å². The van der Waals surface area contributed by atoms with E-state index in [1.807, 2.05) is 53.5 Å². The molecule has 0 N–H and O–H groups in total. The largest absolute Gasteiger partial charge is 0.460 e. The lowest BCUT2D eigenvalue weighted by Gasteiger charge is -2.45. The minimum Gasteiger partial charge on any atom is -0.460 e. The van der Waals surface area contributed by atoms with Crippen molar-refractivity contribution in [2.75, 3.05) is 38.1 Å². The van der Waals surface area contributed by atoms with Crippen LogP contribution in [0, 0.1) is 5.92 Å². The van der Waals surface area contributed by atoms with Crippen molar-refractivity contribution in [1.29, 1.82) is 0 Å². The number of esters is 1. The molecule has 0 aromatic heterocycles. The Morgan fingerprint density at radius 1 is 0.950 bits per heavy atom. The number of carbonyl (C=O) groups is 2. The van der Waals surface area contributed by atoms with Gasteiger partial charge < -0.3 is 19.3 Å². The third kappa shape index (κ3) is 8.51. The molecule has 1 aromatic rings. The predicted molar refractivity (Wildman–Crippen MR) is 149 cm³/mol. The van der Waals surface area contributed by atoms with E-state index in [1.54, 1.807) is 11.0 Å². The van der Waals surface area contributed by atoms with Gasteiger partial charge in [-0.2, -0.15) is 13.2 Å². The standard InChI is InChI=1S/C30H46F3N3O4/c1-27(2,3)39-25(37)21-11-15-35(16-12-21)24-19-23(30(31,32)33)10-9-22(24)20-34(8)29(7)13-17-36(18-14-29)26(38)40-28(4,5)6/h9-10,19,21H,11-18,20H2,1-8H3. The Morgan fingerprint density at radius 2 is 1.50 bits per heavy atom. The van der Waals surface area contributed by atoms with Gasteiger partial charge in [0, 0.05) is 44.0 Å². The van der Waals surface area contributed by atoms with Crippen molar-refractivity contribution >= 4 is 17.7 Å². The van der Waals surface area contributed by atoms with Gasteiger partial charge in [0.25, 0.3) is 0 Å². The lowest BCUT2D eigenvalue weighted by Crippen LogP contribution is -2.53. The number of halogens is 3. The number of ether oxygens (including phenoxy) is 2. The zero-order chi connectivity index (χ0) is 30.1. The van der Waals surface area contributed by atoms with Gasteiger partial charge in [-0.15, -0.1) is 0 Å². The Morgan fingerprint density at radius 3 is 2.00 bits per heavy atom. The molecule has 0 aliphatic carbocycles. The average molecular weight is 570 g/mol. The molecule has 0 bridgehead atoms. The van der Waals surface area contributed by atoms with Crippen LogP contribution in [0.15, 0.2) is 18.2 Å². The first-order valence-corrected chi connectivity index (χ1v) is 14.1. The maximum Gasteiger partial charge on any atom is 0.416 e. The summed E-state index contributed by atoms with van der Waals surface area (Å²) in [6.07, 6.45) is -2.27. The maximum atomic E-state index is 13.7. The van der Waals surface area contributed by atoms with E-state index in [-0.39, 0.29) is 23.5 Å². The van der Waals surface area contributed by atoms with Gasteiger partial charge in [0.05, 0.1) is 11.5 Å². The number of hydrogen-bond acceptors (Lipinski definition) is 6. The highest BCUT2D eigenvalue weighted by molar-refractivity contribution is 5.73. The number of anilines is 1. The Kier molecular flexibility index (Phi) is 9.43. The van der Waals surface area contributed by atoms with E-state index in [0.29, 0.717) is 51.3 Å². The molecule has 2 aliphatic rings. The monoisotopic (exact) mass is 569 g/mol. The fourth-order valence-electron chi connectivity index (χ4n) is 5.24. The van der Waals surface area contributed by atoms with Gasteiger partial charge in [0.1, 0.15) is 11.2 Å². The molecule has 7 nitrogen and oxygen atoms in total. The summed E-state index contributed by atoms with van der Waals surface area (Å²) in [6, 6.07) is 3.96. The summed E-state index contributed by atoms with van der Waals surface area (Å²) in [5.41, 5.74) is -0.690. The van der Waals surface area contributed by atoms with Crippen molar-refractivity contribution in [2.24, 2.45) is 5.92 Å². The van der Waals surface area contributed by atoms with Gasteiger partial charge >= 0.3 is 18.2 Å². The molecule has 0 unspecified atom stereocenters. The van der Waals surface area contributed by atoms with Crippen molar-refractivity contribution in [3.63, 3.8) is 0 Å². The average Bonchev–Trinajstić information content (AvgIpc) is 2.82. The highest BCUT2D eigenvalue weighted by Gasteiger charge is 2.38. The van der Waals surface area contributed by atoms with Crippen molar-refractivity contribution in [3.05, 3.63) is 29.3 Å². The summed E-state index contributed by atoms with van der Waals surface area (Å²) < 4.78 is 52.1. The minimum atomic E-state index is -4.45. The number of carbonyl (C=O) groups excluding carboxylic acids is 2. The van der Waals surface area contributed by atoms with E-state index in [2.05, 4.69) is 11.8 Å². The van der Waals surface area contributed by atoms with E-state index in [1.165, 1.54) is 6.07 Å². The van der Waals surface area contributed by atoms with Crippen LogP contribution in [0.25, 0.3) is 0 Å². The van der Waals surface area contributed by atoms with Crippen LogP contribution in [0.2, 0.25) is 0 Å². The first kappa shape index (κ1) is 32.0. The second-order valence-electron chi connectivity index (χ2n) is 13.5. The smallest absolute Gasteiger partial charge is 0.416 e. The summed E-state index contributed by atoms with van der Waals surface area (Å²) >= 11 is 0. The molecule has 1 aromatic carbocycles. The van der Waals surface area contributed by atoms with Crippen LogP contribution >= 0.6 is 0 Å². The van der Waals surface area contributed by atoms with Crippen molar-refractivity contribution in [3.8, 4) is 0 Å². The molecule has 2 fully saturated rings. The lowest BCUT2D eigenvalue weighted by molar-refractivity contribution is -0.160. The van der Waals surface area contributed by atoms with Gasteiger partial charge in [0.2, 0.25) is 0 Å². The lowest BCUT2D eigenvalue weighted by atomic mass is 9.87. The molecule has 40 heavy (non-hydrogen) atoms. The summed E-state index contributed by atoms with van der Waals surface area (Å²) in [5.74, 6) is -0.511. The number of hydrogen-bond donors (Lipinski definition) is 0. The molecule has 0 atom stereocenters. The minimum absolute atomic E-state index is 0.234. The molecule has 2 saturated heterocycles. The van der Waals surface area contributed by atoms with Gasteiger partial charge in [-0.25, -0.2) is 4.79 Å². The van der Waals surface area contributed by atoms with Crippen LogP contribution in [0.5, 0.6) is 0 Å². The van der Waals surface area contributed by atoms with Crippen LogP contribution in [-0.4, -0.2) is 71.8 Å². The van der Waals surface area contributed by atoms with E-state index < -0.39 is 22.9 Å². The molecular formula is C30H46F3N3O4. The molecule has 226 valence electrons. The zero-order valence-corrected chi connectivity index (χ0v) is 25.3. The summed E-state index contributed by atoms with van der Waals surface area (Å²) in [7, 11) is 1.99. The number of piperidine rings is 2. The zero-order valence-electron chi connectivity index (χ0n) is 25.3. The highest BCUT2D eigenvalue weighted by Crippen LogP contribution is 2.37. The molecule has 0 radical (unpaired) electrons. The summed E-state index contributed by atoms with van der Waals surface area (Å²) in [6.45, 7) is 15.7. The van der Waals surface area contributed by atoms with E-state index in [9.17, 15) is 22.8 Å². The van der Waals surface area contributed by atoms with Gasteiger partial charge in [-0.05, 0) is 98.9 Å². The van der Waals surface area contributed by atoms with Crippen LogP contribution in [0.3, 0.4) is 0 Å². The van der Waals surface area contributed by atoms with Crippen molar-refractivity contribution in [2.45, 2.75) is 104 Å². The molecule has 2 aliphatic heterocycles. The SMILES string of the molecule is CN(Cc1ccc(C(F)(F)F)cc1N1CCC(C(=O)OC(C)(C)C)CC1)C1(C)CCN(C(=O)OC(C)(C)C)CC1. The normalized spacial score (nSPS) is 19.1. The Hall–Kier alpha value is -2.49. The Bertz CT molecular complexity index is 1050. The number of alkyl halides is 3. The third-order valence-electron chi connectivity index (χ3n) is 7.81. The first-order valence-electron chi connectivity index (χ1n) is 14.1. The highest BCUT2D eigenvalue weighted by atomic mass is 19.4. The van der Waals surface area contributed by atoms with Gasteiger partial charge in [-0.1, -0.05) is 6.07 Å². The summed E-state index contributed by atoms with van der Waals surface area (Å²) in [5, 5.41) is 0. The fraction of sp³-hybridized carbons (Fsp3) is 0.733. The molecule has 10 heteroatoms. The van der Waals surface area contributed by atoms with Gasteiger partial charge in [-0.3, -0.25) is 9.69 Å². The van der Waals surface area contributed by atoms with Crippen molar-refractivity contribution < 1.29 is 32.2 Å². The summed E-state index contributed by atoms with van der Waals surface area (Å²) in [4.78, 5) is 31.0. The van der Waals surface area contributed by atoms with E-state index in [0.717, 1.165) is 24.5 Å². The van der Waals surface area contributed by atoms with Crippen LogP contribution < -0.4 is 4.90 Å². The molecule has 0 spiro atoms. The van der Waals surface area contributed by atoms with Crippen LogP contribution in [0.4, 0.5) is 23.7 Å². The second kappa shape index (κ2) is 11.8. The molecule has 2 heterocycles. The van der Waals surface area contributed by atoms with Gasteiger partial charge in [0.15, 0.2) is 0 Å². The fourth-order valence-corrected chi connectivity index (χ4v) is 5.24.